The first kappa shape index (κ1) is 16.9. The van der Waals surface area contributed by atoms with E-state index in [1.165, 1.54) is 10.7 Å². The van der Waals surface area contributed by atoms with Gasteiger partial charge in [0.25, 0.3) is 5.91 Å². The second-order valence-electron chi connectivity index (χ2n) is 5.89. The maximum Gasteiger partial charge on any atom is 0.272 e. The molecule has 130 valence electrons. The fraction of sp³-hybridized carbons (Fsp3) is 0.278. The molecule has 0 aliphatic carbocycles. The molecule has 0 radical (unpaired) electrons. The van der Waals surface area contributed by atoms with Crippen molar-refractivity contribution < 1.29 is 9.18 Å². The molecule has 0 unspecified atom stereocenters. The number of aromatic nitrogens is 4. The average Bonchev–Trinajstić information content (AvgIpc) is 3.25. The van der Waals surface area contributed by atoms with Crippen molar-refractivity contribution in [2.24, 2.45) is 0 Å². The predicted molar refractivity (Wildman–Crippen MR) is 92.0 cm³/mol. The lowest BCUT2D eigenvalue weighted by molar-refractivity contribution is 0.0935. The van der Waals surface area contributed by atoms with Crippen LogP contribution in [0.5, 0.6) is 0 Å². The topological polar surface area (TPSA) is 75.6 Å². The Morgan fingerprint density at radius 2 is 2.20 bits per heavy atom. The van der Waals surface area contributed by atoms with Crippen LogP contribution in [0, 0.1) is 5.82 Å². The molecule has 0 bridgehead atoms. The zero-order valence-electron chi connectivity index (χ0n) is 14.2. The molecule has 1 atom stereocenters. The van der Waals surface area contributed by atoms with Gasteiger partial charge in [0.05, 0.1) is 12.2 Å². The Labute approximate surface area is 145 Å². The minimum absolute atomic E-state index is 0.259. The van der Waals surface area contributed by atoms with E-state index in [-0.39, 0.29) is 17.8 Å². The van der Waals surface area contributed by atoms with E-state index in [9.17, 15) is 9.18 Å². The van der Waals surface area contributed by atoms with E-state index in [1.54, 1.807) is 36.7 Å². The van der Waals surface area contributed by atoms with Crippen LogP contribution in [0.4, 0.5) is 4.39 Å². The molecule has 3 aromatic rings. The third kappa shape index (κ3) is 3.76. The Morgan fingerprint density at radius 3 is 2.96 bits per heavy atom. The van der Waals surface area contributed by atoms with Crippen molar-refractivity contribution >= 4 is 5.91 Å². The van der Waals surface area contributed by atoms with Gasteiger partial charge in [-0.25, -0.2) is 9.07 Å². The maximum atomic E-state index is 13.8. The van der Waals surface area contributed by atoms with Gasteiger partial charge in [-0.15, -0.1) is 0 Å². The second kappa shape index (κ2) is 7.29. The summed E-state index contributed by atoms with van der Waals surface area (Å²) in [6, 6.07) is 7.88. The molecular weight excluding hydrogens is 321 g/mol. The van der Waals surface area contributed by atoms with Gasteiger partial charge in [0.1, 0.15) is 17.2 Å². The Hall–Kier alpha value is -2.96. The summed E-state index contributed by atoms with van der Waals surface area (Å²) in [6.07, 6.45) is 5.15. The third-order valence-corrected chi connectivity index (χ3v) is 3.93. The van der Waals surface area contributed by atoms with E-state index in [0.717, 1.165) is 24.1 Å². The molecule has 0 saturated heterocycles. The van der Waals surface area contributed by atoms with Crippen LogP contribution in [-0.4, -0.2) is 25.9 Å². The van der Waals surface area contributed by atoms with Gasteiger partial charge in [-0.3, -0.25) is 9.89 Å². The molecule has 25 heavy (non-hydrogen) atoms. The highest BCUT2D eigenvalue weighted by atomic mass is 19.1. The van der Waals surface area contributed by atoms with E-state index in [4.69, 9.17) is 0 Å². The average molecular weight is 341 g/mol. The number of nitrogens with zero attached hydrogens (tertiary/aromatic N) is 3. The fourth-order valence-corrected chi connectivity index (χ4v) is 2.56. The SMILES string of the molecule is CCCc1cc(C(=O)N[C@@H](C)c2cnn(-c3ccccc3F)c2)n[nH]1. The first-order valence-corrected chi connectivity index (χ1v) is 8.23. The van der Waals surface area contributed by atoms with Crippen LogP contribution >= 0.6 is 0 Å². The number of halogens is 1. The lowest BCUT2D eigenvalue weighted by atomic mass is 10.2. The summed E-state index contributed by atoms with van der Waals surface area (Å²) in [5, 5.41) is 14.0. The molecule has 1 aromatic carbocycles. The molecule has 7 heteroatoms. The highest BCUT2D eigenvalue weighted by Crippen LogP contribution is 2.17. The van der Waals surface area contributed by atoms with E-state index in [2.05, 4.69) is 27.5 Å². The lowest BCUT2D eigenvalue weighted by Crippen LogP contribution is -2.26. The first-order valence-electron chi connectivity index (χ1n) is 8.23. The zero-order chi connectivity index (χ0) is 17.8. The largest absolute Gasteiger partial charge is 0.344 e. The Balaban J connectivity index is 1.70. The van der Waals surface area contributed by atoms with Gasteiger partial charge < -0.3 is 5.32 Å². The van der Waals surface area contributed by atoms with Crippen molar-refractivity contribution in [3.8, 4) is 5.69 Å². The monoisotopic (exact) mass is 341 g/mol. The number of aromatic amines is 1. The van der Waals surface area contributed by atoms with Crippen molar-refractivity contribution in [1.29, 1.82) is 0 Å². The Kier molecular flexibility index (Phi) is 4.92. The molecule has 2 aromatic heterocycles. The van der Waals surface area contributed by atoms with Crippen LogP contribution in [0.3, 0.4) is 0 Å². The van der Waals surface area contributed by atoms with Gasteiger partial charge in [0.2, 0.25) is 0 Å². The Morgan fingerprint density at radius 1 is 1.40 bits per heavy atom. The summed E-state index contributed by atoms with van der Waals surface area (Å²) in [5.41, 5.74) is 2.44. The number of carbonyl (C=O) groups is 1. The minimum atomic E-state index is -0.353. The van der Waals surface area contributed by atoms with Crippen LogP contribution in [-0.2, 0) is 6.42 Å². The number of para-hydroxylation sites is 1. The van der Waals surface area contributed by atoms with E-state index >= 15 is 0 Å². The van der Waals surface area contributed by atoms with Crippen molar-refractivity contribution in [3.05, 3.63) is 65.5 Å². The van der Waals surface area contributed by atoms with Crippen molar-refractivity contribution in [2.45, 2.75) is 32.7 Å². The van der Waals surface area contributed by atoms with Crippen LogP contribution in [0.15, 0.2) is 42.7 Å². The van der Waals surface area contributed by atoms with E-state index in [1.807, 2.05) is 6.92 Å². The molecule has 2 heterocycles. The summed E-state index contributed by atoms with van der Waals surface area (Å²) >= 11 is 0. The van der Waals surface area contributed by atoms with Crippen LogP contribution in [0.1, 0.15) is 48.1 Å². The Bertz CT molecular complexity index is 870. The smallest absolute Gasteiger partial charge is 0.272 e. The van der Waals surface area contributed by atoms with Crippen molar-refractivity contribution in [3.63, 3.8) is 0 Å². The molecule has 3 rings (SSSR count). The molecule has 0 saturated carbocycles. The number of H-pyrrole nitrogens is 1. The van der Waals surface area contributed by atoms with Gasteiger partial charge in [-0.1, -0.05) is 25.5 Å². The summed E-state index contributed by atoms with van der Waals surface area (Å²) in [7, 11) is 0. The molecule has 6 nitrogen and oxygen atoms in total. The number of amides is 1. The first-order chi connectivity index (χ1) is 12.1. The summed E-state index contributed by atoms with van der Waals surface area (Å²) in [6.45, 7) is 3.91. The normalized spacial score (nSPS) is 12.1. The summed E-state index contributed by atoms with van der Waals surface area (Å²) in [4.78, 5) is 12.3. The number of nitrogens with one attached hydrogen (secondary N) is 2. The standard InChI is InChI=1S/C18H20FN5O/c1-3-6-14-9-16(23-22-14)18(25)21-12(2)13-10-20-24(11-13)17-8-5-4-7-15(17)19/h4-5,7-12H,3,6H2,1-2H3,(H,21,25)(H,22,23)/t12-/m0/s1. The maximum absolute atomic E-state index is 13.8. The minimum Gasteiger partial charge on any atom is -0.344 e. The molecule has 0 spiro atoms. The lowest BCUT2D eigenvalue weighted by Gasteiger charge is -2.10. The van der Waals surface area contributed by atoms with Gasteiger partial charge in [-0.2, -0.15) is 10.2 Å². The van der Waals surface area contributed by atoms with Crippen molar-refractivity contribution in [2.75, 3.05) is 0 Å². The van der Waals surface area contributed by atoms with Crippen molar-refractivity contribution in [1.82, 2.24) is 25.3 Å². The quantitative estimate of drug-likeness (QED) is 0.723. The summed E-state index contributed by atoms with van der Waals surface area (Å²) < 4.78 is 15.3. The van der Waals surface area contributed by atoms with Gasteiger partial charge >= 0.3 is 0 Å². The number of rotatable bonds is 6. The molecule has 0 aliphatic heterocycles. The number of carbonyl (C=O) groups excluding carboxylic acids is 1. The third-order valence-electron chi connectivity index (χ3n) is 3.93. The molecule has 1 amide bonds. The molecular formula is C18H20FN5O. The van der Waals surface area contributed by atoms with E-state index < -0.39 is 0 Å². The zero-order valence-corrected chi connectivity index (χ0v) is 14.2. The molecule has 0 aliphatic rings. The predicted octanol–water partition coefficient (Wildman–Crippen LogP) is 3.18. The van der Waals surface area contributed by atoms with Gasteiger partial charge in [-0.05, 0) is 31.5 Å². The second-order valence-corrected chi connectivity index (χ2v) is 5.89. The van der Waals surface area contributed by atoms with Crippen LogP contribution in [0.2, 0.25) is 0 Å². The molecule has 0 fully saturated rings. The fourth-order valence-electron chi connectivity index (χ4n) is 2.56. The highest BCUT2D eigenvalue weighted by molar-refractivity contribution is 5.92. The summed E-state index contributed by atoms with van der Waals surface area (Å²) in [5.74, 6) is -0.612. The van der Waals surface area contributed by atoms with Crippen LogP contribution in [0.25, 0.3) is 5.69 Å². The number of benzene rings is 1. The van der Waals surface area contributed by atoms with Gasteiger partial charge in [0, 0.05) is 17.5 Å². The van der Waals surface area contributed by atoms with Gasteiger partial charge in [0.15, 0.2) is 0 Å². The molecule has 2 N–H and O–H groups in total. The number of aryl methyl sites for hydroxylation is 1. The van der Waals surface area contributed by atoms with Crippen LogP contribution < -0.4 is 5.32 Å². The number of hydrogen-bond donors (Lipinski definition) is 2. The highest BCUT2D eigenvalue weighted by Gasteiger charge is 2.16. The number of hydrogen-bond acceptors (Lipinski definition) is 3. The van der Waals surface area contributed by atoms with E-state index in [0.29, 0.717) is 11.4 Å².